The standard InChI is InChI=1S/C9H16O7/c1-5(6(11)12)9(2,4-10)16-8(15-3)7(13)14/h5,8,10H,4H2,1-3H3,(H,11,12)(H,13,14)/t5-,8-,9?/m0/s1. The highest BCUT2D eigenvalue weighted by molar-refractivity contribution is 5.72. The Labute approximate surface area is 92.6 Å². The molecule has 0 heterocycles. The van der Waals surface area contributed by atoms with Crippen molar-refractivity contribution in [2.24, 2.45) is 5.92 Å². The molecule has 94 valence electrons. The summed E-state index contributed by atoms with van der Waals surface area (Å²) in [5.41, 5.74) is -1.52. The van der Waals surface area contributed by atoms with E-state index in [-0.39, 0.29) is 0 Å². The van der Waals surface area contributed by atoms with Crippen molar-refractivity contribution in [3.8, 4) is 0 Å². The highest BCUT2D eigenvalue weighted by Crippen LogP contribution is 2.23. The third-order valence-electron chi connectivity index (χ3n) is 2.39. The van der Waals surface area contributed by atoms with Gasteiger partial charge in [-0.1, -0.05) is 0 Å². The molecule has 0 bridgehead atoms. The van der Waals surface area contributed by atoms with Gasteiger partial charge in [0, 0.05) is 7.11 Å². The summed E-state index contributed by atoms with van der Waals surface area (Å²) >= 11 is 0. The maximum Gasteiger partial charge on any atom is 0.361 e. The second-order valence-corrected chi connectivity index (χ2v) is 3.55. The van der Waals surface area contributed by atoms with Crippen LogP contribution < -0.4 is 0 Å². The van der Waals surface area contributed by atoms with Gasteiger partial charge in [0.05, 0.1) is 12.5 Å². The average Bonchev–Trinajstić information content (AvgIpc) is 2.23. The molecule has 0 amide bonds. The highest BCUT2D eigenvalue weighted by Gasteiger charge is 2.40. The van der Waals surface area contributed by atoms with Crippen molar-refractivity contribution in [3.63, 3.8) is 0 Å². The third kappa shape index (κ3) is 3.44. The molecule has 0 aromatic carbocycles. The number of methoxy groups -OCH3 is 1. The van der Waals surface area contributed by atoms with E-state index in [0.717, 1.165) is 7.11 Å². The number of carboxylic acids is 2. The molecule has 0 saturated carbocycles. The van der Waals surface area contributed by atoms with Crippen molar-refractivity contribution >= 4 is 11.9 Å². The van der Waals surface area contributed by atoms with Crippen molar-refractivity contribution in [2.75, 3.05) is 13.7 Å². The van der Waals surface area contributed by atoms with Gasteiger partial charge in [-0.2, -0.15) is 0 Å². The summed E-state index contributed by atoms with van der Waals surface area (Å²) in [4.78, 5) is 21.4. The number of aliphatic hydroxyl groups is 1. The number of rotatable bonds is 7. The first kappa shape index (κ1) is 14.8. The number of hydrogen-bond acceptors (Lipinski definition) is 5. The van der Waals surface area contributed by atoms with E-state index >= 15 is 0 Å². The molecule has 1 unspecified atom stereocenters. The van der Waals surface area contributed by atoms with E-state index < -0.39 is 36.4 Å². The van der Waals surface area contributed by atoms with Crippen LogP contribution in [0.4, 0.5) is 0 Å². The summed E-state index contributed by atoms with van der Waals surface area (Å²) < 4.78 is 9.48. The van der Waals surface area contributed by atoms with Gasteiger partial charge in [-0.15, -0.1) is 0 Å². The molecule has 0 aromatic heterocycles. The zero-order valence-electron chi connectivity index (χ0n) is 9.34. The zero-order valence-corrected chi connectivity index (χ0v) is 9.34. The van der Waals surface area contributed by atoms with Crippen LogP contribution in [0.5, 0.6) is 0 Å². The molecule has 3 atom stereocenters. The van der Waals surface area contributed by atoms with Gasteiger partial charge in [-0.25, -0.2) is 4.79 Å². The second-order valence-electron chi connectivity index (χ2n) is 3.55. The number of aliphatic carboxylic acids is 2. The van der Waals surface area contributed by atoms with E-state index in [2.05, 4.69) is 4.74 Å². The fourth-order valence-corrected chi connectivity index (χ4v) is 0.981. The van der Waals surface area contributed by atoms with Crippen LogP contribution in [-0.2, 0) is 19.1 Å². The molecule has 0 aliphatic rings. The molecule has 0 aliphatic heterocycles. The Morgan fingerprint density at radius 1 is 1.31 bits per heavy atom. The summed E-state index contributed by atoms with van der Waals surface area (Å²) in [6.07, 6.45) is -1.61. The minimum Gasteiger partial charge on any atom is -0.481 e. The van der Waals surface area contributed by atoms with E-state index in [1.165, 1.54) is 13.8 Å². The van der Waals surface area contributed by atoms with Gasteiger partial charge in [-0.3, -0.25) is 4.79 Å². The number of hydrogen-bond donors (Lipinski definition) is 3. The van der Waals surface area contributed by atoms with Gasteiger partial charge in [0.2, 0.25) is 0 Å². The number of aliphatic hydroxyl groups excluding tert-OH is 1. The van der Waals surface area contributed by atoms with E-state index in [0.29, 0.717) is 0 Å². The Balaban J connectivity index is 4.83. The maximum absolute atomic E-state index is 10.8. The summed E-state index contributed by atoms with van der Waals surface area (Å²) in [5.74, 6) is -3.66. The molecule has 3 N–H and O–H groups in total. The Hall–Kier alpha value is -1.18. The first-order valence-corrected chi connectivity index (χ1v) is 4.55. The van der Waals surface area contributed by atoms with Crippen LogP contribution >= 0.6 is 0 Å². The predicted molar refractivity (Wildman–Crippen MR) is 51.8 cm³/mol. The van der Waals surface area contributed by atoms with Crippen LogP contribution in [0.15, 0.2) is 0 Å². The molecule has 0 aromatic rings. The summed E-state index contributed by atoms with van der Waals surface area (Å²) in [6, 6.07) is 0. The Kier molecular flexibility index (Phi) is 5.36. The van der Waals surface area contributed by atoms with Crippen LogP contribution in [-0.4, -0.2) is 52.9 Å². The van der Waals surface area contributed by atoms with Crippen molar-refractivity contribution in [2.45, 2.75) is 25.7 Å². The van der Waals surface area contributed by atoms with Crippen molar-refractivity contribution < 1.29 is 34.4 Å². The highest BCUT2D eigenvalue weighted by atomic mass is 16.7. The predicted octanol–water partition coefficient (Wildman–Crippen LogP) is -0.468. The minimum atomic E-state index is -1.61. The Bertz CT molecular complexity index is 265. The summed E-state index contributed by atoms with van der Waals surface area (Å²) in [5, 5.41) is 26.6. The molecule has 0 spiro atoms. The smallest absolute Gasteiger partial charge is 0.361 e. The lowest BCUT2D eigenvalue weighted by Gasteiger charge is -2.33. The average molecular weight is 236 g/mol. The second kappa shape index (κ2) is 5.78. The molecule has 0 radical (unpaired) electrons. The molecule has 7 nitrogen and oxygen atoms in total. The van der Waals surface area contributed by atoms with Gasteiger partial charge in [-0.05, 0) is 13.8 Å². The molecule has 7 heteroatoms. The molecule has 0 saturated heterocycles. The number of carbonyl (C=O) groups is 2. The topological polar surface area (TPSA) is 113 Å². The summed E-state index contributed by atoms with van der Waals surface area (Å²) in [7, 11) is 1.11. The van der Waals surface area contributed by atoms with E-state index in [4.69, 9.17) is 20.1 Å². The zero-order chi connectivity index (χ0) is 12.9. The van der Waals surface area contributed by atoms with Gasteiger partial charge in [0.25, 0.3) is 6.29 Å². The van der Waals surface area contributed by atoms with Crippen LogP contribution in [0, 0.1) is 5.92 Å². The number of ether oxygens (including phenoxy) is 2. The quantitative estimate of drug-likeness (QED) is 0.512. The van der Waals surface area contributed by atoms with Crippen LogP contribution in [0.1, 0.15) is 13.8 Å². The lowest BCUT2D eigenvalue weighted by Crippen LogP contribution is -2.48. The van der Waals surface area contributed by atoms with Crippen molar-refractivity contribution in [3.05, 3.63) is 0 Å². The number of carboxylic acid groups (broad SMARTS) is 2. The molecule has 0 fully saturated rings. The van der Waals surface area contributed by atoms with Gasteiger partial charge < -0.3 is 24.8 Å². The van der Waals surface area contributed by atoms with Crippen LogP contribution in [0.3, 0.4) is 0 Å². The largest absolute Gasteiger partial charge is 0.481 e. The SMILES string of the molecule is CO[C@@H](OC(C)(CO)[C@@H](C)C(=O)O)C(=O)O. The fourth-order valence-electron chi connectivity index (χ4n) is 0.981. The lowest BCUT2D eigenvalue weighted by atomic mass is 9.91. The van der Waals surface area contributed by atoms with Crippen molar-refractivity contribution in [1.29, 1.82) is 0 Å². The summed E-state index contributed by atoms with van der Waals surface area (Å²) in [6.45, 7) is 1.99. The first-order chi connectivity index (χ1) is 7.28. The van der Waals surface area contributed by atoms with Gasteiger partial charge >= 0.3 is 11.9 Å². The lowest BCUT2D eigenvalue weighted by molar-refractivity contribution is -0.232. The van der Waals surface area contributed by atoms with E-state index in [1.807, 2.05) is 0 Å². The van der Waals surface area contributed by atoms with E-state index in [9.17, 15) is 9.59 Å². The maximum atomic E-state index is 10.8. The molecular formula is C9H16O7. The van der Waals surface area contributed by atoms with Crippen LogP contribution in [0.25, 0.3) is 0 Å². The molecule has 16 heavy (non-hydrogen) atoms. The Morgan fingerprint density at radius 2 is 1.81 bits per heavy atom. The van der Waals surface area contributed by atoms with Crippen LogP contribution in [0.2, 0.25) is 0 Å². The van der Waals surface area contributed by atoms with E-state index in [1.54, 1.807) is 0 Å². The third-order valence-corrected chi connectivity index (χ3v) is 2.39. The molecule has 0 aliphatic carbocycles. The van der Waals surface area contributed by atoms with Gasteiger partial charge in [0.1, 0.15) is 5.60 Å². The Morgan fingerprint density at radius 3 is 2.06 bits per heavy atom. The first-order valence-electron chi connectivity index (χ1n) is 4.55. The minimum absolute atomic E-state index is 0.631. The normalized spacial score (nSPS) is 18.5. The van der Waals surface area contributed by atoms with Crippen molar-refractivity contribution in [1.82, 2.24) is 0 Å². The molecule has 0 rings (SSSR count). The monoisotopic (exact) mass is 236 g/mol. The fraction of sp³-hybridized carbons (Fsp3) is 0.778. The van der Waals surface area contributed by atoms with Gasteiger partial charge in [0.15, 0.2) is 0 Å². The molecular weight excluding hydrogens is 220 g/mol.